The molecular formula is C14H22N2O. The maximum absolute atomic E-state index is 5.04. The summed E-state index contributed by atoms with van der Waals surface area (Å²) in [4.78, 5) is 4.20. The molecule has 1 N–H and O–H groups in total. The second kappa shape index (κ2) is 5.50. The highest BCUT2D eigenvalue weighted by Crippen LogP contribution is 2.43. The molecular weight excluding hydrogens is 212 g/mol. The van der Waals surface area contributed by atoms with Crippen LogP contribution in [0.25, 0.3) is 0 Å². The fraction of sp³-hybridized carbons (Fsp3) is 0.643. The van der Waals surface area contributed by atoms with Crippen molar-refractivity contribution < 1.29 is 4.74 Å². The fourth-order valence-electron chi connectivity index (χ4n) is 2.44. The van der Waals surface area contributed by atoms with Crippen LogP contribution in [0.4, 0.5) is 0 Å². The van der Waals surface area contributed by atoms with E-state index in [9.17, 15) is 0 Å². The first-order chi connectivity index (χ1) is 8.28. The molecule has 1 aromatic heterocycles. The summed E-state index contributed by atoms with van der Waals surface area (Å²) >= 11 is 0. The van der Waals surface area contributed by atoms with Gasteiger partial charge in [-0.2, -0.15) is 0 Å². The number of nitrogens with zero attached hydrogens (tertiary/aromatic N) is 1. The zero-order chi connectivity index (χ0) is 12.1. The summed E-state index contributed by atoms with van der Waals surface area (Å²) in [5, 5.41) is 3.55. The van der Waals surface area contributed by atoms with E-state index >= 15 is 0 Å². The van der Waals surface area contributed by atoms with Crippen molar-refractivity contribution in [2.24, 2.45) is 5.41 Å². The Morgan fingerprint density at radius 3 is 2.71 bits per heavy atom. The minimum absolute atomic E-state index is 0.583. The molecule has 0 aromatic carbocycles. The zero-order valence-electron chi connectivity index (χ0n) is 10.8. The van der Waals surface area contributed by atoms with Gasteiger partial charge in [0.25, 0.3) is 0 Å². The van der Waals surface area contributed by atoms with Gasteiger partial charge in [-0.3, -0.25) is 0 Å². The summed E-state index contributed by atoms with van der Waals surface area (Å²) < 4.78 is 5.04. The zero-order valence-corrected chi connectivity index (χ0v) is 10.8. The monoisotopic (exact) mass is 234 g/mol. The van der Waals surface area contributed by atoms with Crippen LogP contribution in [0.3, 0.4) is 0 Å². The molecule has 0 atom stereocenters. The molecule has 0 bridgehead atoms. The van der Waals surface area contributed by atoms with Gasteiger partial charge < -0.3 is 10.1 Å². The van der Waals surface area contributed by atoms with Crippen molar-refractivity contribution in [1.82, 2.24) is 10.3 Å². The van der Waals surface area contributed by atoms with E-state index in [0.717, 1.165) is 13.1 Å². The average Bonchev–Trinajstić information content (AvgIpc) is 2.33. The molecule has 1 aliphatic rings. The molecule has 3 heteroatoms. The highest BCUT2D eigenvalue weighted by atomic mass is 16.5. The predicted molar refractivity (Wildman–Crippen MR) is 69.1 cm³/mol. The molecule has 17 heavy (non-hydrogen) atoms. The lowest BCUT2D eigenvalue weighted by Crippen LogP contribution is -2.39. The molecule has 0 aliphatic heterocycles. The molecule has 0 spiro atoms. The SMILES string of the molecule is CCC1(CNCc2ccc(OC)nc2)CCC1. The molecule has 0 saturated heterocycles. The third-order valence-corrected chi connectivity index (χ3v) is 4.00. The Labute approximate surface area is 104 Å². The van der Waals surface area contributed by atoms with Gasteiger partial charge in [0, 0.05) is 25.4 Å². The third kappa shape index (κ3) is 2.97. The summed E-state index contributed by atoms with van der Waals surface area (Å²) in [6.45, 7) is 4.34. The fourth-order valence-corrected chi connectivity index (χ4v) is 2.44. The number of ether oxygens (including phenoxy) is 1. The maximum atomic E-state index is 5.04. The lowest BCUT2D eigenvalue weighted by Gasteiger charge is -2.41. The minimum atomic E-state index is 0.583. The van der Waals surface area contributed by atoms with Crippen LogP contribution >= 0.6 is 0 Å². The van der Waals surface area contributed by atoms with Crippen LogP contribution in [0.15, 0.2) is 18.3 Å². The van der Waals surface area contributed by atoms with E-state index in [4.69, 9.17) is 4.74 Å². The van der Waals surface area contributed by atoms with Crippen LogP contribution in [-0.2, 0) is 6.54 Å². The number of pyridine rings is 1. The van der Waals surface area contributed by atoms with Crippen LogP contribution in [0.5, 0.6) is 5.88 Å². The predicted octanol–water partition coefficient (Wildman–Crippen LogP) is 2.76. The number of methoxy groups -OCH3 is 1. The van der Waals surface area contributed by atoms with Gasteiger partial charge >= 0.3 is 0 Å². The second-order valence-corrected chi connectivity index (χ2v) is 5.02. The lowest BCUT2D eigenvalue weighted by molar-refractivity contribution is 0.124. The molecule has 1 aliphatic carbocycles. The number of hydrogen-bond donors (Lipinski definition) is 1. The van der Waals surface area contributed by atoms with Gasteiger partial charge in [0.05, 0.1) is 7.11 Å². The molecule has 1 fully saturated rings. The van der Waals surface area contributed by atoms with Gasteiger partial charge in [-0.25, -0.2) is 4.98 Å². The van der Waals surface area contributed by atoms with Gasteiger partial charge in [-0.1, -0.05) is 19.4 Å². The smallest absolute Gasteiger partial charge is 0.212 e. The van der Waals surface area contributed by atoms with Gasteiger partial charge in [-0.05, 0) is 30.2 Å². The largest absolute Gasteiger partial charge is 0.481 e. The molecule has 94 valence electrons. The van der Waals surface area contributed by atoms with Crippen molar-refractivity contribution in [3.8, 4) is 5.88 Å². The van der Waals surface area contributed by atoms with Crippen molar-refractivity contribution >= 4 is 0 Å². The van der Waals surface area contributed by atoms with Crippen LogP contribution in [-0.4, -0.2) is 18.6 Å². The molecule has 1 aromatic rings. The molecule has 0 amide bonds. The van der Waals surface area contributed by atoms with E-state index in [-0.39, 0.29) is 0 Å². The molecule has 2 rings (SSSR count). The third-order valence-electron chi connectivity index (χ3n) is 4.00. The van der Waals surface area contributed by atoms with E-state index in [0.29, 0.717) is 11.3 Å². The maximum Gasteiger partial charge on any atom is 0.212 e. The molecule has 0 unspecified atom stereocenters. The molecule has 1 saturated carbocycles. The summed E-state index contributed by atoms with van der Waals surface area (Å²) in [7, 11) is 1.64. The summed E-state index contributed by atoms with van der Waals surface area (Å²) in [5.41, 5.74) is 1.80. The summed E-state index contributed by atoms with van der Waals surface area (Å²) in [6.07, 6.45) is 7.35. The Kier molecular flexibility index (Phi) is 4.00. The quantitative estimate of drug-likeness (QED) is 0.822. The van der Waals surface area contributed by atoms with E-state index in [1.54, 1.807) is 7.11 Å². The van der Waals surface area contributed by atoms with Crippen molar-refractivity contribution in [2.75, 3.05) is 13.7 Å². The Morgan fingerprint density at radius 2 is 2.24 bits per heavy atom. The topological polar surface area (TPSA) is 34.1 Å². The number of hydrogen-bond acceptors (Lipinski definition) is 3. The van der Waals surface area contributed by atoms with E-state index < -0.39 is 0 Å². The van der Waals surface area contributed by atoms with Gasteiger partial charge in [-0.15, -0.1) is 0 Å². The first kappa shape index (κ1) is 12.4. The van der Waals surface area contributed by atoms with Crippen LogP contribution in [0.1, 0.15) is 38.2 Å². The molecule has 3 nitrogen and oxygen atoms in total. The minimum Gasteiger partial charge on any atom is -0.481 e. The summed E-state index contributed by atoms with van der Waals surface area (Å²) in [5.74, 6) is 0.678. The van der Waals surface area contributed by atoms with E-state index in [1.165, 1.54) is 31.2 Å². The van der Waals surface area contributed by atoms with Gasteiger partial charge in [0.1, 0.15) is 0 Å². The molecule has 0 radical (unpaired) electrons. The van der Waals surface area contributed by atoms with E-state index in [2.05, 4.69) is 23.3 Å². The number of rotatable bonds is 6. The number of aromatic nitrogens is 1. The highest BCUT2D eigenvalue weighted by molar-refractivity contribution is 5.17. The Balaban J connectivity index is 1.77. The summed E-state index contributed by atoms with van der Waals surface area (Å²) in [6, 6.07) is 3.98. The van der Waals surface area contributed by atoms with Crippen molar-refractivity contribution in [1.29, 1.82) is 0 Å². The first-order valence-electron chi connectivity index (χ1n) is 6.48. The highest BCUT2D eigenvalue weighted by Gasteiger charge is 2.34. The Bertz CT molecular complexity index is 338. The number of nitrogens with one attached hydrogen (secondary N) is 1. The van der Waals surface area contributed by atoms with Gasteiger partial charge in [0.2, 0.25) is 5.88 Å². The Hall–Kier alpha value is -1.09. The molecule has 1 heterocycles. The average molecular weight is 234 g/mol. The lowest BCUT2D eigenvalue weighted by atomic mass is 9.67. The van der Waals surface area contributed by atoms with Crippen molar-refractivity contribution in [3.05, 3.63) is 23.9 Å². The van der Waals surface area contributed by atoms with E-state index in [1.807, 2.05) is 12.3 Å². The Morgan fingerprint density at radius 1 is 1.41 bits per heavy atom. The second-order valence-electron chi connectivity index (χ2n) is 5.02. The van der Waals surface area contributed by atoms with Crippen LogP contribution in [0, 0.1) is 5.41 Å². The van der Waals surface area contributed by atoms with Crippen LogP contribution < -0.4 is 10.1 Å². The first-order valence-corrected chi connectivity index (χ1v) is 6.48. The van der Waals surface area contributed by atoms with Gasteiger partial charge in [0.15, 0.2) is 0 Å². The standard InChI is InChI=1S/C14H22N2O/c1-3-14(7-4-8-14)11-15-9-12-5-6-13(17-2)16-10-12/h5-6,10,15H,3-4,7-9,11H2,1-2H3. The van der Waals surface area contributed by atoms with Crippen LogP contribution in [0.2, 0.25) is 0 Å². The van der Waals surface area contributed by atoms with Crippen molar-refractivity contribution in [2.45, 2.75) is 39.2 Å². The normalized spacial score (nSPS) is 17.5. The van der Waals surface area contributed by atoms with Crippen molar-refractivity contribution in [3.63, 3.8) is 0 Å².